The van der Waals surface area contributed by atoms with Gasteiger partial charge in [0.1, 0.15) is 5.75 Å². The molecule has 0 amide bonds. The molecule has 0 aliphatic rings. The van der Waals surface area contributed by atoms with Crippen molar-refractivity contribution in [2.45, 2.75) is 38.7 Å². The summed E-state index contributed by atoms with van der Waals surface area (Å²) in [7, 11) is 0. The van der Waals surface area contributed by atoms with Gasteiger partial charge in [0.25, 0.3) is 0 Å². The zero-order valence-electron chi connectivity index (χ0n) is 12.0. The summed E-state index contributed by atoms with van der Waals surface area (Å²) in [4.78, 5) is 0. The predicted molar refractivity (Wildman–Crippen MR) is 75.3 cm³/mol. The first-order valence-electron chi connectivity index (χ1n) is 6.62. The Morgan fingerprint density at radius 3 is 2.29 bits per heavy atom. The molecule has 0 heterocycles. The van der Waals surface area contributed by atoms with E-state index in [0.717, 1.165) is 6.92 Å². The second kappa shape index (κ2) is 5.22. The molecule has 0 aliphatic carbocycles. The van der Waals surface area contributed by atoms with Crippen molar-refractivity contribution in [3.8, 4) is 5.75 Å². The van der Waals surface area contributed by atoms with Crippen LogP contribution in [0.2, 0.25) is 0 Å². The maximum Gasteiger partial charge on any atom is 0.421 e. The van der Waals surface area contributed by atoms with E-state index in [1.807, 2.05) is 0 Å². The smallest absolute Gasteiger partial charge is 0.421 e. The topological polar surface area (TPSA) is 29.5 Å². The fourth-order valence-electron chi connectivity index (χ4n) is 2.18. The SMILES string of the molecule is CC(C)Oc1cc(C(C)(O)C(F)(F)F)c2ccccc2c1. The Hall–Kier alpha value is -1.75. The fourth-order valence-corrected chi connectivity index (χ4v) is 2.18. The average Bonchev–Trinajstić information content (AvgIpc) is 2.35. The monoisotopic (exact) mass is 298 g/mol. The molecule has 0 bridgehead atoms. The second-order valence-corrected chi connectivity index (χ2v) is 5.43. The molecular formula is C16H17F3O2. The van der Waals surface area contributed by atoms with Crippen LogP contribution in [-0.4, -0.2) is 17.4 Å². The Kier molecular flexibility index (Phi) is 3.89. The lowest BCUT2D eigenvalue weighted by Gasteiger charge is -2.28. The molecule has 2 aromatic carbocycles. The number of ether oxygens (including phenoxy) is 1. The van der Waals surface area contributed by atoms with Crippen LogP contribution < -0.4 is 4.74 Å². The van der Waals surface area contributed by atoms with Gasteiger partial charge in [-0.25, -0.2) is 0 Å². The van der Waals surface area contributed by atoms with Crippen LogP contribution >= 0.6 is 0 Å². The van der Waals surface area contributed by atoms with E-state index < -0.39 is 11.8 Å². The molecule has 21 heavy (non-hydrogen) atoms. The number of hydrogen-bond donors (Lipinski definition) is 1. The van der Waals surface area contributed by atoms with Crippen molar-refractivity contribution < 1.29 is 23.0 Å². The van der Waals surface area contributed by atoms with Crippen molar-refractivity contribution in [1.29, 1.82) is 0 Å². The molecule has 1 unspecified atom stereocenters. The molecule has 1 N–H and O–H groups in total. The summed E-state index contributed by atoms with van der Waals surface area (Å²) in [6, 6.07) is 9.55. The molecule has 0 spiro atoms. The molecule has 0 saturated heterocycles. The molecule has 0 radical (unpaired) electrons. The van der Waals surface area contributed by atoms with E-state index in [0.29, 0.717) is 16.5 Å². The Labute approximate surface area is 121 Å². The van der Waals surface area contributed by atoms with Gasteiger partial charge in [-0.2, -0.15) is 13.2 Å². The molecule has 2 rings (SSSR count). The molecule has 0 saturated carbocycles. The number of alkyl halides is 3. The number of fused-ring (bicyclic) bond motifs is 1. The number of benzene rings is 2. The highest BCUT2D eigenvalue weighted by Gasteiger charge is 2.52. The Morgan fingerprint density at radius 1 is 1.10 bits per heavy atom. The summed E-state index contributed by atoms with van der Waals surface area (Å²) in [6.07, 6.45) is -4.94. The summed E-state index contributed by atoms with van der Waals surface area (Å²) in [5.41, 5.74) is -3.15. The highest BCUT2D eigenvalue weighted by atomic mass is 19.4. The van der Waals surface area contributed by atoms with E-state index in [9.17, 15) is 18.3 Å². The zero-order chi connectivity index (χ0) is 15.8. The van der Waals surface area contributed by atoms with Gasteiger partial charge >= 0.3 is 6.18 Å². The second-order valence-electron chi connectivity index (χ2n) is 5.43. The first kappa shape index (κ1) is 15.6. The average molecular weight is 298 g/mol. The van der Waals surface area contributed by atoms with Crippen LogP contribution in [0.1, 0.15) is 26.3 Å². The molecule has 2 aromatic rings. The van der Waals surface area contributed by atoms with Crippen LogP contribution in [0.25, 0.3) is 10.8 Å². The quantitative estimate of drug-likeness (QED) is 0.910. The summed E-state index contributed by atoms with van der Waals surface area (Å²) in [5.74, 6) is 0.309. The third-order valence-corrected chi connectivity index (χ3v) is 3.28. The van der Waals surface area contributed by atoms with Crippen LogP contribution in [-0.2, 0) is 5.60 Å². The van der Waals surface area contributed by atoms with Crippen molar-refractivity contribution in [2.75, 3.05) is 0 Å². The maximum atomic E-state index is 13.2. The van der Waals surface area contributed by atoms with Crippen molar-refractivity contribution in [2.24, 2.45) is 0 Å². The first-order chi connectivity index (χ1) is 9.63. The van der Waals surface area contributed by atoms with E-state index in [1.54, 1.807) is 44.2 Å². The summed E-state index contributed by atoms with van der Waals surface area (Å²) in [6.45, 7) is 4.33. The molecule has 1 atom stereocenters. The lowest BCUT2D eigenvalue weighted by Crippen LogP contribution is -2.39. The summed E-state index contributed by atoms with van der Waals surface area (Å²) < 4.78 is 44.9. The van der Waals surface area contributed by atoms with Crippen LogP contribution in [0.15, 0.2) is 36.4 Å². The Bertz CT molecular complexity index is 646. The number of hydrogen-bond acceptors (Lipinski definition) is 2. The Balaban J connectivity index is 2.71. The van der Waals surface area contributed by atoms with Gasteiger partial charge in [0, 0.05) is 5.56 Å². The number of halogens is 3. The lowest BCUT2D eigenvalue weighted by atomic mass is 9.90. The molecule has 5 heteroatoms. The lowest BCUT2D eigenvalue weighted by molar-refractivity contribution is -0.258. The highest BCUT2D eigenvalue weighted by Crippen LogP contribution is 2.42. The molecule has 0 aliphatic heterocycles. The Morgan fingerprint density at radius 2 is 1.71 bits per heavy atom. The largest absolute Gasteiger partial charge is 0.491 e. The van der Waals surface area contributed by atoms with Crippen LogP contribution in [0.4, 0.5) is 13.2 Å². The minimum absolute atomic E-state index is 0.171. The predicted octanol–water partition coefficient (Wildman–Crippen LogP) is 4.40. The van der Waals surface area contributed by atoms with E-state index in [2.05, 4.69) is 0 Å². The first-order valence-corrected chi connectivity index (χ1v) is 6.62. The van der Waals surface area contributed by atoms with Gasteiger partial charge in [-0.15, -0.1) is 0 Å². The third kappa shape index (κ3) is 2.97. The van der Waals surface area contributed by atoms with Crippen molar-refractivity contribution >= 4 is 10.8 Å². The van der Waals surface area contributed by atoms with Crippen LogP contribution in [0.3, 0.4) is 0 Å². The molecule has 0 fully saturated rings. The maximum absolute atomic E-state index is 13.2. The summed E-state index contributed by atoms with van der Waals surface area (Å²) in [5, 5.41) is 10.9. The minimum Gasteiger partial charge on any atom is -0.491 e. The van der Waals surface area contributed by atoms with E-state index in [1.165, 1.54) is 6.07 Å². The van der Waals surface area contributed by atoms with Gasteiger partial charge in [-0.05, 0) is 43.7 Å². The molecule has 114 valence electrons. The molecule has 0 aromatic heterocycles. The van der Waals surface area contributed by atoms with Crippen molar-refractivity contribution in [3.63, 3.8) is 0 Å². The molecule has 2 nitrogen and oxygen atoms in total. The van der Waals surface area contributed by atoms with Gasteiger partial charge in [0.05, 0.1) is 6.10 Å². The van der Waals surface area contributed by atoms with Gasteiger partial charge in [-0.3, -0.25) is 0 Å². The van der Waals surface area contributed by atoms with Crippen LogP contribution in [0.5, 0.6) is 5.75 Å². The van der Waals surface area contributed by atoms with E-state index in [-0.39, 0.29) is 11.7 Å². The minimum atomic E-state index is -4.77. The number of rotatable bonds is 3. The molecular weight excluding hydrogens is 281 g/mol. The van der Waals surface area contributed by atoms with Gasteiger partial charge in [0.2, 0.25) is 0 Å². The highest BCUT2D eigenvalue weighted by molar-refractivity contribution is 5.88. The zero-order valence-corrected chi connectivity index (χ0v) is 12.0. The summed E-state index contributed by atoms with van der Waals surface area (Å²) >= 11 is 0. The van der Waals surface area contributed by atoms with Gasteiger partial charge < -0.3 is 9.84 Å². The third-order valence-electron chi connectivity index (χ3n) is 3.28. The normalized spacial score (nSPS) is 15.2. The van der Waals surface area contributed by atoms with Gasteiger partial charge in [0.15, 0.2) is 5.60 Å². The number of aliphatic hydroxyl groups is 1. The van der Waals surface area contributed by atoms with E-state index >= 15 is 0 Å². The van der Waals surface area contributed by atoms with Crippen molar-refractivity contribution in [3.05, 3.63) is 42.0 Å². The van der Waals surface area contributed by atoms with Gasteiger partial charge in [-0.1, -0.05) is 24.3 Å². The fraction of sp³-hybridized carbons (Fsp3) is 0.375. The van der Waals surface area contributed by atoms with E-state index in [4.69, 9.17) is 4.74 Å². The van der Waals surface area contributed by atoms with Crippen LogP contribution in [0, 0.1) is 0 Å². The standard InChI is InChI=1S/C16H17F3O2/c1-10(2)21-12-8-11-6-4-5-7-13(11)14(9-12)15(3,20)16(17,18)19/h4-10,20H,1-3H3. The van der Waals surface area contributed by atoms with Crippen molar-refractivity contribution in [1.82, 2.24) is 0 Å².